The molecule has 0 aromatic carbocycles. The van der Waals surface area contributed by atoms with Gasteiger partial charge in [0.1, 0.15) is 0 Å². The van der Waals surface area contributed by atoms with Gasteiger partial charge in [-0.05, 0) is 31.6 Å². The van der Waals surface area contributed by atoms with Crippen LogP contribution in [-0.4, -0.2) is 19.0 Å². The van der Waals surface area contributed by atoms with E-state index in [-0.39, 0.29) is 0 Å². The maximum Gasteiger partial charge on any atom is 0.00961 e. The zero-order valence-corrected chi connectivity index (χ0v) is 7.68. The lowest BCUT2D eigenvalue weighted by molar-refractivity contribution is 0.514. The van der Waals surface area contributed by atoms with E-state index >= 15 is 0 Å². The molecule has 0 amide bonds. The summed E-state index contributed by atoms with van der Waals surface area (Å²) in [6.07, 6.45) is 9.12. The molecule has 0 aliphatic carbocycles. The summed E-state index contributed by atoms with van der Waals surface area (Å²) in [5.74, 6) is 2.56. The Balaban J connectivity index is 4.25. The molecule has 0 saturated carbocycles. The van der Waals surface area contributed by atoms with Crippen molar-refractivity contribution in [2.24, 2.45) is 0 Å². The summed E-state index contributed by atoms with van der Waals surface area (Å²) >= 11 is 0. The molecule has 1 heteroatoms. The molecule has 0 heterocycles. The van der Waals surface area contributed by atoms with Gasteiger partial charge in [-0.3, -0.25) is 0 Å². The van der Waals surface area contributed by atoms with E-state index in [1.54, 1.807) is 0 Å². The summed E-state index contributed by atoms with van der Waals surface area (Å²) in [5.41, 5.74) is 2.14. The van der Waals surface area contributed by atoms with Crippen molar-refractivity contribution in [3.63, 3.8) is 0 Å². The van der Waals surface area contributed by atoms with E-state index in [0.717, 1.165) is 5.57 Å². The lowest BCUT2D eigenvalue weighted by atomic mass is 10.2. The Kier molecular flexibility index (Phi) is 4.14. The number of allylic oxidation sites excluding steroid dienone is 4. The lowest BCUT2D eigenvalue weighted by Crippen LogP contribution is -2.07. The van der Waals surface area contributed by atoms with E-state index in [9.17, 15) is 0 Å². The predicted molar refractivity (Wildman–Crippen MR) is 50.0 cm³/mol. The van der Waals surface area contributed by atoms with Crippen molar-refractivity contribution < 1.29 is 0 Å². The molecule has 0 spiro atoms. The fourth-order valence-electron chi connectivity index (χ4n) is 0.443. The summed E-state index contributed by atoms with van der Waals surface area (Å²) in [6, 6.07) is 0. The number of terminal acetylenes is 1. The van der Waals surface area contributed by atoms with Gasteiger partial charge in [0, 0.05) is 19.8 Å². The topological polar surface area (TPSA) is 3.24 Å². The molecule has 0 atom stereocenters. The first-order valence-corrected chi connectivity index (χ1v) is 3.57. The van der Waals surface area contributed by atoms with Crippen LogP contribution in [-0.2, 0) is 0 Å². The number of hydrogen-bond acceptors (Lipinski definition) is 1. The number of rotatable bonds is 2. The predicted octanol–water partition coefficient (Wildman–Crippen LogP) is 2.03. The highest BCUT2D eigenvalue weighted by Gasteiger charge is 1.86. The first kappa shape index (κ1) is 9.84. The van der Waals surface area contributed by atoms with Crippen LogP contribution in [0.25, 0.3) is 0 Å². The lowest BCUT2D eigenvalue weighted by Gasteiger charge is -2.10. The van der Waals surface area contributed by atoms with Crippen LogP contribution in [0.2, 0.25) is 0 Å². The molecule has 60 valence electrons. The third kappa shape index (κ3) is 4.27. The van der Waals surface area contributed by atoms with E-state index in [1.165, 1.54) is 5.70 Å². The molecule has 0 fully saturated rings. The average molecular weight is 149 g/mol. The van der Waals surface area contributed by atoms with Crippen LogP contribution < -0.4 is 0 Å². The fourth-order valence-corrected chi connectivity index (χ4v) is 0.443. The molecule has 0 rings (SSSR count). The van der Waals surface area contributed by atoms with Crippen molar-refractivity contribution >= 4 is 0 Å². The minimum atomic E-state index is 0.950. The molecule has 0 N–H and O–H groups in total. The summed E-state index contributed by atoms with van der Waals surface area (Å²) in [5, 5.41) is 0. The zero-order chi connectivity index (χ0) is 8.85. The van der Waals surface area contributed by atoms with Gasteiger partial charge in [0.15, 0.2) is 0 Å². The summed E-state index contributed by atoms with van der Waals surface area (Å²) in [7, 11) is 4.01. The highest BCUT2D eigenvalue weighted by atomic mass is 15.1. The van der Waals surface area contributed by atoms with Crippen molar-refractivity contribution in [2.45, 2.75) is 13.8 Å². The molecule has 0 radical (unpaired) electrons. The molecule has 0 bridgehead atoms. The third-order valence-electron chi connectivity index (χ3n) is 1.51. The summed E-state index contributed by atoms with van der Waals surface area (Å²) in [4.78, 5) is 2.04. The van der Waals surface area contributed by atoms with Gasteiger partial charge in [-0.2, -0.15) is 0 Å². The van der Waals surface area contributed by atoms with Gasteiger partial charge in [-0.15, -0.1) is 6.42 Å². The monoisotopic (exact) mass is 149 g/mol. The third-order valence-corrected chi connectivity index (χ3v) is 1.51. The molecule has 0 unspecified atom stereocenters. The second-order valence-corrected chi connectivity index (χ2v) is 2.70. The summed E-state index contributed by atoms with van der Waals surface area (Å²) < 4.78 is 0. The number of hydrogen-bond donors (Lipinski definition) is 0. The van der Waals surface area contributed by atoms with Gasteiger partial charge >= 0.3 is 0 Å². The van der Waals surface area contributed by atoms with E-state index in [0.29, 0.717) is 0 Å². The molecule has 0 saturated heterocycles. The second kappa shape index (κ2) is 4.62. The first-order valence-electron chi connectivity index (χ1n) is 3.57. The molecular formula is C10H15N. The Hall–Kier alpha value is -1.16. The molecular weight excluding hydrogens is 134 g/mol. The quantitative estimate of drug-likeness (QED) is 0.429. The van der Waals surface area contributed by atoms with Crippen molar-refractivity contribution in [3.8, 4) is 12.3 Å². The maximum absolute atomic E-state index is 5.17. The zero-order valence-electron chi connectivity index (χ0n) is 7.68. The van der Waals surface area contributed by atoms with Crippen molar-refractivity contribution in [2.75, 3.05) is 14.1 Å². The van der Waals surface area contributed by atoms with E-state index in [1.807, 2.05) is 45.0 Å². The Morgan fingerprint density at radius 1 is 1.27 bits per heavy atom. The standard InChI is InChI=1S/C10H15N/c1-6-9(2)7-8-10(3)11(4)5/h1,7-8H,2-5H3/b9-7-,10-8+. The molecule has 11 heavy (non-hydrogen) atoms. The average Bonchev–Trinajstić information content (AvgIpc) is 1.99. The number of nitrogens with zero attached hydrogens (tertiary/aromatic N) is 1. The van der Waals surface area contributed by atoms with Crippen LogP contribution in [0.15, 0.2) is 23.4 Å². The summed E-state index contributed by atoms with van der Waals surface area (Å²) in [6.45, 7) is 3.96. The Bertz CT molecular complexity index is 214. The molecule has 0 aromatic heterocycles. The first-order chi connectivity index (χ1) is 5.07. The van der Waals surface area contributed by atoms with E-state index < -0.39 is 0 Å². The smallest absolute Gasteiger partial charge is 0.00961 e. The van der Waals surface area contributed by atoms with Gasteiger partial charge < -0.3 is 4.90 Å². The van der Waals surface area contributed by atoms with Gasteiger partial charge in [-0.25, -0.2) is 0 Å². The SMILES string of the molecule is C#C/C(C)=C\C=C(/C)N(C)C. The molecule has 1 nitrogen and oxygen atoms in total. The van der Waals surface area contributed by atoms with Gasteiger partial charge in [-0.1, -0.05) is 5.92 Å². The van der Waals surface area contributed by atoms with Gasteiger partial charge in [0.2, 0.25) is 0 Å². The van der Waals surface area contributed by atoms with Crippen LogP contribution in [0.1, 0.15) is 13.8 Å². The van der Waals surface area contributed by atoms with Crippen molar-refractivity contribution in [3.05, 3.63) is 23.4 Å². The maximum atomic E-state index is 5.17. The van der Waals surface area contributed by atoms with Crippen molar-refractivity contribution in [1.29, 1.82) is 0 Å². The fraction of sp³-hybridized carbons (Fsp3) is 0.400. The Morgan fingerprint density at radius 2 is 1.82 bits per heavy atom. The Labute approximate surface area is 69.4 Å². The van der Waals surface area contributed by atoms with Crippen LogP contribution in [0.4, 0.5) is 0 Å². The normalized spacial score (nSPS) is 12.6. The van der Waals surface area contributed by atoms with Crippen molar-refractivity contribution in [1.82, 2.24) is 4.90 Å². The minimum Gasteiger partial charge on any atom is -0.381 e. The van der Waals surface area contributed by atoms with Crippen LogP contribution >= 0.6 is 0 Å². The second-order valence-electron chi connectivity index (χ2n) is 2.70. The van der Waals surface area contributed by atoms with E-state index in [2.05, 4.69) is 5.92 Å². The minimum absolute atomic E-state index is 0.950. The highest BCUT2D eigenvalue weighted by Crippen LogP contribution is 1.98. The Morgan fingerprint density at radius 3 is 2.18 bits per heavy atom. The van der Waals surface area contributed by atoms with Gasteiger partial charge in [0.25, 0.3) is 0 Å². The molecule has 0 aromatic rings. The molecule has 0 aliphatic rings. The van der Waals surface area contributed by atoms with Crippen LogP contribution in [0, 0.1) is 12.3 Å². The van der Waals surface area contributed by atoms with Crippen LogP contribution in [0.5, 0.6) is 0 Å². The molecule has 0 aliphatic heterocycles. The highest BCUT2D eigenvalue weighted by molar-refractivity contribution is 5.27. The largest absolute Gasteiger partial charge is 0.381 e. The van der Waals surface area contributed by atoms with Gasteiger partial charge in [0.05, 0.1) is 0 Å². The van der Waals surface area contributed by atoms with Crippen LogP contribution in [0.3, 0.4) is 0 Å². The van der Waals surface area contributed by atoms with E-state index in [4.69, 9.17) is 6.42 Å².